The summed E-state index contributed by atoms with van der Waals surface area (Å²) in [5.41, 5.74) is 8.23. The molecule has 1 unspecified atom stereocenters. The van der Waals surface area contributed by atoms with Crippen LogP contribution in [0.15, 0.2) is 48.5 Å². The first kappa shape index (κ1) is 15.5. The van der Waals surface area contributed by atoms with Crippen LogP contribution in [0.4, 0.5) is 4.39 Å². The molecule has 112 valence electrons. The Labute approximate surface area is 125 Å². The van der Waals surface area contributed by atoms with Crippen molar-refractivity contribution in [3.05, 3.63) is 65.5 Å². The van der Waals surface area contributed by atoms with Crippen LogP contribution in [0.1, 0.15) is 17.2 Å². The van der Waals surface area contributed by atoms with Crippen LogP contribution in [0.5, 0.6) is 5.75 Å². The van der Waals surface area contributed by atoms with E-state index in [2.05, 4.69) is 4.90 Å². The summed E-state index contributed by atoms with van der Waals surface area (Å²) in [4.78, 5) is 2.13. The van der Waals surface area contributed by atoms with E-state index in [1.54, 1.807) is 19.2 Å². The van der Waals surface area contributed by atoms with Crippen molar-refractivity contribution < 1.29 is 9.13 Å². The van der Waals surface area contributed by atoms with E-state index in [1.807, 2.05) is 31.3 Å². The molecule has 0 aliphatic carbocycles. The van der Waals surface area contributed by atoms with Gasteiger partial charge in [0.15, 0.2) is 0 Å². The lowest BCUT2D eigenvalue weighted by Gasteiger charge is -2.22. The fourth-order valence-electron chi connectivity index (χ4n) is 2.34. The molecule has 3 nitrogen and oxygen atoms in total. The molecule has 0 spiro atoms. The number of methoxy groups -OCH3 is 1. The van der Waals surface area contributed by atoms with Gasteiger partial charge >= 0.3 is 0 Å². The second-order valence-corrected chi connectivity index (χ2v) is 5.17. The fraction of sp³-hybridized carbons (Fsp3) is 0.294. The Hall–Kier alpha value is -1.91. The van der Waals surface area contributed by atoms with Gasteiger partial charge in [0.2, 0.25) is 0 Å². The van der Waals surface area contributed by atoms with Crippen molar-refractivity contribution in [3.8, 4) is 5.75 Å². The number of benzene rings is 2. The molecule has 21 heavy (non-hydrogen) atoms. The van der Waals surface area contributed by atoms with Gasteiger partial charge in [0.25, 0.3) is 0 Å². The van der Waals surface area contributed by atoms with Crippen molar-refractivity contribution in [1.29, 1.82) is 0 Å². The molecule has 2 N–H and O–H groups in total. The second-order valence-electron chi connectivity index (χ2n) is 5.17. The average Bonchev–Trinajstić information content (AvgIpc) is 2.48. The Balaban J connectivity index is 1.97. The van der Waals surface area contributed by atoms with Crippen LogP contribution in [-0.2, 0) is 6.54 Å². The summed E-state index contributed by atoms with van der Waals surface area (Å²) in [6.07, 6.45) is 0. The van der Waals surface area contributed by atoms with E-state index >= 15 is 0 Å². The van der Waals surface area contributed by atoms with Crippen molar-refractivity contribution in [2.45, 2.75) is 12.6 Å². The van der Waals surface area contributed by atoms with E-state index in [0.29, 0.717) is 6.54 Å². The van der Waals surface area contributed by atoms with Crippen LogP contribution in [0.2, 0.25) is 0 Å². The predicted octanol–water partition coefficient (Wildman–Crippen LogP) is 2.97. The van der Waals surface area contributed by atoms with Crippen LogP contribution in [0.25, 0.3) is 0 Å². The fourth-order valence-corrected chi connectivity index (χ4v) is 2.34. The maximum atomic E-state index is 12.9. The smallest absolute Gasteiger partial charge is 0.123 e. The molecule has 1 atom stereocenters. The van der Waals surface area contributed by atoms with Gasteiger partial charge < -0.3 is 15.4 Å². The van der Waals surface area contributed by atoms with E-state index in [4.69, 9.17) is 10.5 Å². The van der Waals surface area contributed by atoms with Gasteiger partial charge in [-0.1, -0.05) is 30.3 Å². The third kappa shape index (κ3) is 4.28. The standard InChI is InChI=1S/C17H21FN2O/c1-20(11-14-5-3-4-6-17(14)21-2)12-16(19)13-7-9-15(18)10-8-13/h3-10,16H,11-12,19H2,1-2H3. The molecule has 0 saturated carbocycles. The number of para-hydroxylation sites is 1. The van der Waals surface area contributed by atoms with Gasteiger partial charge in [0, 0.05) is 24.7 Å². The zero-order valence-electron chi connectivity index (χ0n) is 12.4. The van der Waals surface area contributed by atoms with Crippen LogP contribution >= 0.6 is 0 Å². The van der Waals surface area contributed by atoms with E-state index in [0.717, 1.165) is 23.4 Å². The first-order valence-electron chi connectivity index (χ1n) is 6.91. The molecular weight excluding hydrogens is 267 g/mol. The molecule has 2 aromatic rings. The quantitative estimate of drug-likeness (QED) is 0.888. The maximum absolute atomic E-state index is 12.9. The lowest BCUT2D eigenvalue weighted by molar-refractivity contribution is 0.298. The number of nitrogens with zero attached hydrogens (tertiary/aromatic N) is 1. The van der Waals surface area contributed by atoms with E-state index in [9.17, 15) is 4.39 Å². The summed E-state index contributed by atoms with van der Waals surface area (Å²) >= 11 is 0. The predicted molar refractivity (Wildman–Crippen MR) is 82.7 cm³/mol. The Bertz CT molecular complexity index is 571. The number of rotatable bonds is 6. The Morgan fingerprint density at radius 1 is 1.14 bits per heavy atom. The maximum Gasteiger partial charge on any atom is 0.123 e. The number of halogens is 1. The molecule has 2 aromatic carbocycles. The SMILES string of the molecule is COc1ccccc1CN(C)CC(N)c1ccc(F)cc1. The summed E-state index contributed by atoms with van der Waals surface area (Å²) in [6.45, 7) is 1.43. The monoisotopic (exact) mass is 288 g/mol. The van der Waals surface area contributed by atoms with Crippen LogP contribution in [0, 0.1) is 5.82 Å². The molecule has 4 heteroatoms. The second kappa shape index (κ2) is 7.20. The van der Waals surface area contributed by atoms with Crippen LogP contribution in [0.3, 0.4) is 0 Å². The minimum absolute atomic E-state index is 0.148. The van der Waals surface area contributed by atoms with Crippen molar-refractivity contribution >= 4 is 0 Å². The average molecular weight is 288 g/mol. The normalized spacial score (nSPS) is 12.4. The highest BCUT2D eigenvalue weighted by Crippen LogP contribution is 2.20. The molecule has 0 heterocycles. The number of likely N-dealkylation sites (N-methyl/N-ethyl adjacent to an activating group) is 1. The molecule has 0 aromatic heterocycles. The minimum Gasteiger partial charge on any atom is -0.496 e. The molecular formula is C17H21FN2O. The van der Waals surface area contributed by atoms with E-state index in [1.165, 1.54) is 12.1 Å². The molecule has 0 aliphatic heterocycles. The number of ether oxygens (including phenoxy) is 1. The Kier molecular flexibility index (Phi) is 5.31. The lowest BCUT2D eigenvalue weighted by atomic mass is 10.1. The topological polar surface area (TPSA) is 38.5 Å². The summed E-state index contributed by atoms with van der Waals surface area (Å²) in [7, 11) is 3.68. The van der Waals surface area contributed by atoms with Crippen LogP contribution < -0.4 is 10.5 Å². The number of hydrogen-bond donors (Lipinski definition) is 1. The lowest BCUT2D eigenvalue weighted by Crippen LogP contribution is -2.28. The van der Waals surface area contributed by atoms with Gasteiger partial charge in [-0.25, -0.2) is 4.39 Å². The van der Waals surface area contributed by atoms with Gasteiger partial charge in [-0.05, 0) is 30.8 Å². The highest BCUT2D eigenvalue weighted by molar-refractivity contribution is 5.33. The zero-order valence-corrected chi connectivity index (χ0v) is 12.4. The van der Waals surface area contributed by atoms with Crippen molar-refractivity contribution in [2.24, 2.45) is 5.73 Å². The molecule has 0 saturated heterocycles. The molecule has 0 fully saturated rings. The first-order valence-corrected chi connectivity index (χ1v) is 6.91. The Morgan fingerprint density at radius 2 is 1.81 bits per heavy atom. The van der Waals surface area contributed by atoms with Gasteiger partial charge in [0.1, 0.15) is 11.6 Å². The van der Waals surface area contributed by atoms with Crippen molar-refractivity contribution in [3.63, 3.8) is 0 Å². The number of nitrogens with two attached hydrogens (primary N) is 1. The van der Waals surface area contributed by atoms with Crippen molar-refractivity contribution in [1.82, 2.24) is 4.90 Å². The van der Waals surface area contributed by atoms with Crippen LogP contribution in [-0.4, -0.2) is 25.6 Å². The molecule has 0 amide bonds. The molecule has 0 aliphatic rings. The molecule has 2 rings (SSSR count). The third-order valence-electron chi connectivity index (χ3n) is 3.44. The van der Waals surface area contributed by atoms with E-state index < -0.39 is 0 Å². The molecule has 0 radical (unpaired) electrons. The van der Waals surface area contributed by atoms with E-state index in [-0.39, 0.29) is 11.9 Å². The minimum atomic E-state index is -0.242. The summed E-state index contributed by atoms with van der Waals surface area (Å²) in [5.74, 6) is 0.632. The largest absolute Gasteiger partial charge is 0.496 e. The highest BCUT2D eigenvalue weighted by Gasteiger charge is 2.11. The first-order chi connectivity index (χ1) is 10.1. The zero-order chi connectivity index (χ0) is 15.2. The highest BCUT2D eigenvalue weighted by atomic mass is 19.1. The third-order valence-corrected chi connectivity index (χ3v) is 3.44. The molecule has 0 bridgehead atoms. The van der Waals surface area contributed by atoms with Gasteiger partial charge in [0.05, 0.1) is 7.11 Å². The van der Waals surface area contributed by atoms with Crippen molar-refractivity contribution in [2.75, 3.05) is 20.7 Å². The van der Waals surface area contributed by atoms with Gasteiger partial charge in [-0.15, -0.1) is 0 Å². The van der Waals surface area contributed by atoms with Gasteiger partial charge in [-0.3, -0.25) is 0 Å². The van der Waals surface area contributed by atoms with Gasteiger partial charge in [-0.2, -0.15) is 0 Å². The summed E-state index contributed by atoms with van der Waals surface area (Å²) in [5, 5.41) is 0. The summed E-state index contributed by atoms with van der Waals surface area (Å²) in [6, 6.07) is 14.1. The summed E-state index contributed by atoms with van der Waals surface area (Å²) < 4.78 is 18.3. The number of hydrogen-bond acceptors (Lipinski definition) is 3. The Morgan fingerprint density at radius 3 is 2.48 bits per heavy atom.